The minimum Gasteiger partial charge on any atom is -0.293 e. The van der Waals surface area contributed by atoms with Gasteiger partial charge in [-0.3, -0.25) is 14.6 Å². The lowest BCUT2D eigenvalue weighted by atomic mass is 10.1. The first-order valence-electron chi connectivity index (χ1n) is 9.43. The lowest BCUT2D eigenvalue weighted by molar-refractivity contribution is -0.112. The normalized spacial score (nSPS) is 15.2. The van der Waals surface area contributed by atoms with Crippen LogP contribution < -0.4 is 4.90 Å². The highest BCUT2D eigenvalue weighted by atomic mass is 16.2. The summed E-state index contributed by atoms with van der Waals surface area (Å²) in [5, 5.41) is 0. The summed E-state index contributed by atoms with van der Waals surface area (Å²) in [5.41, 5.74) is 4.38. The summed E-state index contributed by atoms with van der Waals surface area (Å²) >= 11 is 0. The van der Waals surface area contributed by atoms with Crippen LogP contribution in [-0.4, -0.2) is 36.3 Å². The van der Waals surface area contributed by atoms with E-state index in [0.717, 1.165) is 48.4 Å². The zero-order valence-electron chi connectivity index (χ0n) is 15.9. The van der Waals surface area contributed by atoms with Crippen LogP contribution in [0.15, 0.2) is 53.5 Å². The summed E-state index contributed by atoms with van der Waals surface area (Å²) in [6.07, 6.45) is 2.15. The molecular formula is C22H27N3O. The fourth-order valence-corrected chi connectivity index (χ4v) is 3.42. The molecule has 0 radical (unpaired) electrons. The number of aliphatic imine (C=N–C) groups is 1. The van der Waals surface area contributed by atoms with E-state index < -0.39 is 0 Å². The van der Waals surface area contributed by atoms with Crippen LogP contribution in [0, 0.1) is 6.92 Å². The molecule has 1 aliphatic rings. The summed E-state index contributed by atoms with van der Waals surface area (Å²) < 4.78 is 0. The Bertz CT molecular complexity index is 807. The van der Waals surface area contributed by atoms with Gasteiger partial charge in [-0.1, -0.05) is 44.2 Å². The van der Waals surface area contributed by atoms with Gasteiger partial charge in [0.1, 0.15) is 5.71 Å². The van der Waals surface area contributed by atoms with Gasteiger partial charge in [0.05, 0.1) is 18.0 Å². The summed E-state index contributed by atoms with van der Waals surface area (Å²) in [6, 6.07) is 15.9. The molecule has 0 aliphatic carbocycles. The van der Waals surface area contributed by atoms with Crippen molar-refractivity contribution in [1.29, 1.82) is 0 Å². The number of hydrogen-bond acceptors (Lipinski definition) is 3. The molecule has 1 heterocycles. The molecule has 2 aromatic rings. The van der Waals surface area contributed by atoms with Crippen molar-refractivity contribution in [3.8, 4) is 0 Å². The van der Waals surface area contributed by atoms with E-state index in [1.807, 2.05) is 60.4 Å². The minimum atomic E-state index is -0.00934. The summed E-state index contributed by atoms with van der Waals surface area (Å²) in [6.45, 7) is 8.98. The topological polar surface area (TPSA) is 35.9 Å². The number of carbonyl (C=O) groups is 1. The molecular weight excluding hydrogens is 322 g/mol. The maximum absolute atomic E-state index is 13.2. The van der Waals surface area contributed by atoms with Crippen molar-refractivity contribution in [1.82, 2.24) is 4.90 Å². The van der Waals surface area contributed by atoms with Gasteiger partial charge < -0.3 is 0 Å². The number of benzene rings is 2. The molecule has 1 amide bonds. The fourth-order valence-electron chi connectivity index (χ4n) is 3.42. The van der Waals surface area contributed by atoms with Gasteiger partial charge in [-0.15, -0.1) is 0 Å². The first-order valence-corrected chi connectivity index (χ1v) is 9.43. The minimum absolute atomic E-state index is 0.00934. The second kappa shape index (κ2) is 8.28. The third-order valence-corrected chi connectivity index (χ3v) is 4.56. The number of aryl methyl sites for hydroxylation is 1. The van der Waals surface area contributed by atoms with Crippen molar-refractivity contribution in [3.05, 3.63) is 59.7 Å². The lowest BCUT2D eigenvalue weighted by Gasteiger charge is -2.27. The highest BCUT2D eigenvalue weighted by molar-refractivity contribution is 6.54. The molecule has 4 nitrogen and oxygen atoms in total. The van der Waals surface area contributed by atoms with E-state index in [2.05, 4.69) is 18.7 Å². The number of amides is 1. The van der Waals surface area contributed by atoms with Crippen molar-refractivity contribution in [3.63, 3.8) is 0 Å². The largest absolute Gasteiger partial charge is 0.293 e. The quantitative estimate of drug-likeness (QED) is 0.735. The molecule has 3 rings (SSSR count). The van der Waals surface area contributed by atoms with Gasteiger partial charge in [-0.2, -0.15) is 0 Å². The zero-order chi connectivity index (χ0) is 18.5. The molecule has 136 valence electrons. The molecule has 0 atom stereocenters. The van der Waals surface area contributed by atoms with Gasteiger partial charge >= 0.3 is 0 Å². The van der Waals surface area contributed by atoms with Crippen molar-refractivity contribution >= 4 is 23.0 Å². The predicted molar refractivity (Wildman–Crippen MR) is 108 cm³/mol. The van der Waals surface area contributed by atoms with Crippen LogP contribution in [0.3, 0.4) is 0 Å². The van der Waals surface area contributed by atoms with E-state index >= 15 is 0 Å². The molecule has 26 heavy (non-hydrogen) atoms. The van der Waals surface area contributed by atoms with Gasteiger partial charge in [-0.05, 0) is 56.6 Å². The van der Waals surface area contributed by atoms with Crippen LogP contribution in [0.25, 0.3) is 0 Å². The van der Waals surface area contributed by atoms with Crippen LogP contribution >= 0.6 is 0 Å². The Kier molecular flexibility index (Phi) is 5.84. The number of nitrogens with zero attached hydrogens (tertiary/aromatic N) is 3. The summed E-state index contributed by atoms with van der Waals surface area (Å²) in [4.78, 5) is 22.1. The van der Waals surface area contributed by atoms with Crippen molar-refractivity contribution in [2.75, 3.05) is 24.7 Å². The van der Waals surface area contributed by atoms with E-state index in [1.165, 1.54) is 0 Å². The van der Waals surface area contributed by atoms with Crippen molar-refractivity contribution in [2.24, 2.45) is 4.99 Å². The molecule has 0 bridgehead atoms. The molecule has 0 fully saturated rings. The summed E-state index contributed by atoms with van der Waals surface area (Å²) in [5.74, 6) is -0.00934. The second-order valence-corrected chi connectivity index (χ2v) is 6.81. The predicted octanol–water partition coefficient (Wildman–Crippen LogP) is 4.54. The number of carbonyl (C=O) groups excluding carboxylic acids is 1. The van der Waals surface area contributed by atoms with Gasteiger partial charge in [0, 0.05) is 5.56 Å². The van der Waals surface area contributed by atoms with Gasteiger partial charge in [-0.25, -0.2) is 4.99 Å². The van der Waals surface area contributed by atoms with Crippen LogP contribution in [-0.2, 0) is 4.79 Å². The van der Waals surface area contributed by atoms with E-state index in [9.17, 15) is 4.79 Å². The average Bonchev–Trinajstić information content (AvgIpc) is 2.88. The summed E-state index contributed by atoms with van der Waals surface area (Å²) in [7, 11) is 0. The second-order valence-electron chi connectivity index (χ2n) is 6.81. The standard InChI is InChI=1S/C22H27N3O/c1-4-13-24(14-5-2)16-25-20-12-7-6-11-19(20)21(22(25)26)23-18-10-8-9-17(3)15-18/h6-12,15H,4-5,13-14,16H2,1-3H3. The van der Waals surface area contributed by atoms with Crippen molar-refractivity contribution in [2.45, 2.75) is 33.6 Å². The maximum atomic E-state index is 13.2. The molecule has 0 aromatic heterocycles. The molecule has 4 heteroatoms. The Labute approximate surface area is 156 Å². The zero-order valence-corrected chi connectivity index (χ0v) is 15.9. The Morgan fingerprint density at radius 3 is 2.42 bits per heavy atom. The SMILES string of the molecule is CCCN(CCC)CN1C(=O)C(=Nc2cccc(C)c2)c2ccccc21. The Morgan fingerprint density at radius 2 is 1.73 bits per heavy atom. The highest BCUT2D eigenvalue weighted by Crippen LogP contribution is 2.31. The average molecular weight is 349 g/mol. The number of rotatable bonds is 7. The highest BCUT2D eigenvalue weighted by Gasteiger charge is 2.34. The lowest BCUT2D eigenvalue weighted by Crippen LogP contribution is -2.41. The molecule has 0 spiro atoms. The maximum Gasteiger partial charge on any atom is 0.278 e. The Hall–Kier alpha value is -2.46. The van der Waals surface area contributed by atoms with E-state index in [0.29, 0.717) is 12.4 Å². The molecule has 0 N–H and O–H groups in total. The van der Waals surface area contributed by atoms with Crippen LogP contribution in [0.2, 0.25) is 0 Å². The van der Waals surface area contributed by atoms with E-state index in [1.54, 1.807) is 0 Å². The number of fused-ring (bicyclic) bond motifs is 1. The number of hydrogen-bond donors (Lipinski definition) is 0. The first-order chi connectivity index (χ1) is 12.6. The molecule has 0 saturated carbocycles. The van der Waals surface area contributed by atoms with Crippen LogP contribution in [0.4, 0.5) is 11.4 Å². The smallest absolute Gasteiger partial charge is 0.278 e. The van der Waals surface area contributed by atoms with E-state index in [4.69, 9.17) is 4.99 Å². The molecule has 0 unspecified atom stereocenters. The molecule has 1 aliphatic heterocycles. The van der Waals surface area contributed by atoms with Gasteiger partial charge in [0.2, 0.25) is 0 Å². The fraction of sp³-hybridized carbons (Fsp3) is 0.364. The Balaban J connectivity index is 1.95. The Morgan fingerprint density at radius 1 is 1.00 bits per heavy atom. The van der Waals surface area contributed by atoms with E-state index in [-0.39, 0.29) is 5.91 Å². The van der Waals surface area contributed by atoms with Crippen molar-refractivity contribution < 1.29 is 4.79 Å². The molecule has 0 saturated heterocycles. The first kappa shape index (κ1) is 18.3. The molecule has 2 aromatic carbocycles. The third-order valence-electron chi connectivity index (χ3n) is 4.56. The van der Waals surface area contributed by atoms with Crippen LogP contribution in [0.1, 0.15) is 37.8 Å². The number of para-hydroxylation sites is 1. The monoisotopic (exact) mass is 349 g/mol. The number of anilines is 1. The van der Waals surface area contributed by atoms with Gasteiger partial charge in [0.25, 0.3) is 5.91 Å². The van der Waals surface area contributed by atoms with Crippen LogP contribution in [0.5, 0.6) is 0 Å². The third kappa shape index (κ3) is 3.86. The van der Waals surface area contributed by atoms with Gasteiger partial charge in [0.15, 0.2) is 0 Å².